The Hall–Kier alpha value is -3.28. The van der Waals surface area contributed by atoms with Gasteiger partial charge in [-0.2, -0.15) is 0 Å². The Morgan fingerprint density at radius 1 is 1.26 bits per heavy atom. The number of fused-ring (bicyclic) bond motifs is 1. The predicted octanol–water partition coefficient (Wildman–Crippen LogP) is 3.98. The molecule has 0 aliphatic heterocycles. The summed E-state index contributed by atoms with van der Waals surface area (Å²) in [6.45, 7) is 4.95. The Morgan fingerprint density at radius 3 is 2.85 bits per heavy atom. The van der Waals surface area contributed by atoms with Gasteiger partial charge in [-0.1, -0.05) is 35.0 Å². The van der Waals surface area contributed by atoms with Crippen LogP contribution in [0.2, 0.25) is 0 Å². The number of hydrogen-bond acceptors (Lipinski definition) is 4. The third kappa shape index (κ3) is 4.67. The molecule has 6 heteroatoms. The molecule has 1 N–H and O–H groups in total. The van der Waals surface area contributed by atoms with E-state index < -0.39 is 12.6 Å². The Morgan fingerprint density at radius 2 is 2.11 bits per heavy atom. The number of ether oxygens (including phenoxy) is 1. The van der Waals surface area contributed by atoms with Gasteiger partial charge < -0.3 is 19.2 Å². The molecule has 0 aliphatic carbocycles. The first-order chi connectivity index (χ1) is 13.1. The van der Waals surface area contributed by atoms with E-state index in [1.54, 1.807) is 0 Å². The number of benzene rings is 2. The number of aromatic nitrogens is 1. The maximum atomic E-state index is 10.5. The van der Waals surface area contributed by atoms with E-state index >= 15 is 0 Å². The molecule has 0 saturated carbocycles. The molecular weight excluding hydrogens is 344 g/mol. The molecule has 140 valence electrons. The van der Waals surface area contributed by atoms with Crippen LogP contribution in [0.5, 0.6) is 5.75 Å². The molecule has 0 atom stereocenters. The van der Waals surface area contributed by atoms with Crippen LogP contribution >= 0.6 is 0 Å². The molecule has 1 heterocycles. The van der Waals surface area contributed by atoms with Crippen molar-refractivity contribution in [1.82, 2.24) is 4.57 Å². The standard InChI is InChI=1S/C21H22N2O4/c1-3-23-12-17(11-22-27-14-21(24)25)19-10-18(7-8-20(19)23)26-13-16-6-4-5-15(2)9-16/h4-12H,3,13-14H2,1-2H3,(H,24,25)/b22-11+. The molecule has 3 rings (SSSR count). The summed E-state index contributed by atoms with van der Waals surface area (Å²) in [6, 6.07) is 14.1. The summed E-state index contributed by atoms with van der Waals surface area (Å²) < 4.78 is 8.04. The normalized spacial score (nSPS) is 11.2. The lowest BCUT2D eigenvalue weighted by molar-refractivity contribution is -0.142. The predicted molar refractivity (Wildman–Crippen MR) is 104 cm³/mol. The van der Waals surface area contributed by atoms with Crippen LogP contribution in [0.3, 0.4) is 0 Å². The van der Waals surface area contributed by atoms with Gasteiger partial charge in [-0.25, -0.2) is 4.79 Å². The molecule has 0 bridgehead atoms. The quantitative estimate of drug-likeness (QED) is 0.483. The highest BCUT2D eigenvalue weighted by atomic mass is 16.6. The molecule has 0 amide bonds. The lowest BCUT2D eigenvalue weighted by Gasteiger charge is -2.08. The van der Waals surface area contributed by atoms with Crippen LogP contribution in [0.1, 0.15) is 23.6 Å². The van der Waals surface area contributed by atoms with Crippen LogP contribution < -0.4 is 4.74 Å². The van der Waals surface area contributed by atoms with Crippen molar-refractivity contribution in [1.29, 1.82) is 0 Å². The number of carboxylic acids is 1. The van der Waals surface area contributed by atoms with Crippen molar-refractivity contribution < 1.29 is 19.5 Å². The van der Waals surface area contributed by atoms with Crippen LogP contribution in [-0.4, -0.2) is 28.5 Å². The van der Waals surface area contributed by atoms with Gasteiger partial charge in [0.2, 0.25) is 6.61 Å². The van der Waals surface area contributed by atoms with Crippen LogP contribution in [-0.2, 0) is 22.8 Å². The molecular formula is C21H22N2O4. The Balaban J connectivity index is 1.81. The Kier molecular flexibility index (Phi) is 5.76. The van der Waals surface area contributed by atoms with E-state index in [-0.39, 0.29) is 0 Å². The molecule has 0 spiro atoms. The maximum Gasteiger partial charge on any atom is 0.344 e. The third-order valence-corrected chi connectivity index (χ3v) is 4.17. The fraction of sp³-hybridized carbons (Fsp3) is 0.238. The van der Waals surface area contributed by atoms with Gasteiger partial charge in [-0.15, -0.1) is 0 Å². The molecule has 0 aliphatic rings. The monoisotopic (exact) mass is 366 g/mol. The van der Waals surface area contributed by atoms with Gasteiger partial charge in [0.05, 0.1) is 6.21 Å². The number of hydrogen-bond donors (Lipinski definition) is 1. The van der Waals surface area contributed by atoms with E-state index in [2.05, 4.69) is 35.7 Å². The molecule has 2 aromatic carbocycles. The second kappa shape index (κ2) is 8.40. The maximum absolute atomic E-state index is 10.5. The first-order valence-corrected chi connectivity index (χ1v) is 8.75. The fourth-order valence-corrected chi connectivity index (χ4v) is 2.91. The topological polar surface area (TPSA) is 73.1 Å². The molecule has 1 aromatic heterocycles. The summed E-state index contributed by atoms with van der Waals surface area (Å²) in [5.41, 5.74) is 4.22. The van der Waals surface area contributed by atoms with E-state index in [1.807, 2.05) is 36.5 Å². The second-order valence-electron chi connectivity index (χ2n) is 6.23. The first-order valence-electron chi connectivity index (χ1n) is 8.75. The summed E-state index contributed by atoms with van der Waals surface area (Å²) in [5, 5.41) is 13.3. The smallest absolute Gasteiger partial charge is 0.344 e. The highest BCUT2D eigenvalue weighted by molar-refractivity contribution is 5.99. The number of nitrogens with zero attached hydrogens (tertiary/aromatic N) is 2. The van der Waals surface area contributed by atoms with Crippen molar-refractivity contribution in [3.63, 3.8) is 0 Å². The number of carbonyl (C=O) groups is 1. The van der Waals surface area contributed by atoms with E-state index in [9.17, 15) is 4.79 Å². The van der Waals surface area contributed by atoms with Gasteiger partial charge in [0, 0.05) is 29.2 Å². The number of aliphatic carboxylic acids is 1. The summed E-state index contributed by atoms with van der Waals surface area (Å²) in [7, 11) is 0. The van der Waals surface area contributed by atoms with Crippen LogP contribution in [0.25, 0.3) is 10.9 Å². The van der Waals surface area contributed by atoms with Crippen molar-refractivity contribution in [2.45, 2.75) is 27.0 Å². The van der Waals surface area contributed by atoms with Crippen LogP contribution in [0, 0.1) is 6.92 Å². The number of aryl methyl sites for hydroxylation is 2. The highest BCUT2D eigenvalue weighted by Gasteiger charge is 2.08. The third-order valence-electron chi connectivity index (χ3n) is 4.17. The lowest BCUT2D eigenvalue weighted by atomic mass is 10.1. The van der Waals surface area contributed by atoms with Gasteiger partial charge >= 0.3 is 5.97 Å². The van der Waals surface area contributed by atoms with Gasteiger partial charge in [0.1, 0.15) is 12.4 Å². The fourth-order valence-electron chi connectivity index (χ4n) is 2.91. The molecule has 0 saturated heterocycles. The van der Waals surface area contributed by atoms with Crippen molar-refractivity contribution in [2.75, 3.05) is 6.61 Å². The minimum absolute atomic E-state index is 0.465. The Labute approximate surface area is 157 Å². The SMILES string of the molecule is CCn1cc(/C=N/OCC(=O)O)c2cc(OCc3cccc(C)c3)ccc21. The minimum Gasteiger partial charge on any atom is -0.489 e. The van der Waals surface area contributed by atoms with Gasteiger partial charge in [-0.3, -0.25) is 0 Å². The number of oxime groups is 1. The number of rotatable bonds is 8. The van der Waals surface area contributed by atoms with Crippen molar-refractivity contribution in [2.24, 2.45) is 5.16 Å². The Bertz CT molecular complexity index is 975. The molecule has 0 radical (unpaired) electrons. The van der Waals surface area contributed by atoms with E-state index in [4.69, 9.17) is 14.7 Å². The molecule has 0 unspecified atom stereocenters. The molecule has 0 fully saturated rings. The van der Waals surface area contributed by atoms with Gasteiger partial charge in [0.15, 0.2) is 0 Å². The van der Waals surface area contributed by atoms with E-state index in [1.165, 1.54) is 11.8 Å². The lowest BCUT2D eigenvalue weighted by Crippen LogP contribution is -2.03. The van der Waals surface area contributed by atoms with Gasteiger partial charge in [0.25, 0.3) is 0 Å². The average Bonchev–Trinajstić information content (AvgIpc) is 3.01. The minimum atomic E-state index is -1.06. The molecule has 3 aromatic rings. The molecule has 6 nitrogen and oxygen atoms in total. The van der Waals surface area contributed by atoms with E-state index in [0.29, 0.717) is 6.61 Å². The summed E-state index contributed by atoms with van der Waals surface area (Å²) in [5.74, 6) is -0.297. The van der Waals surface area contributed by atoms with Crippen molar-refractivity contribution >= 4 is 23.1 Å². The highest BCUT2D eigenvalue weighted by Crippen LogP contribution is 2.26. The number of carboxylic acid groups (broad SMARTS) is 1. The zero-order chi connectivity index (χ0) is 19.2. The average molecular weight is 366 g/mol. The summed E-state index contributed by atoms with van der Waals surface area (Å²) in [6.07, 6.45) is 3.49. The summed E-state index contributed by atoms with van der Waals surface area (Å²) in [4.78, 5) is 15.3. The van der Waals surface area contributed by atoms with Crippen molar-refractivity contribution in [3.05, 3.63) is 65.4 Å². The van der Waals surface area contributed by atoms with Gasteiger partial charge in [-0.05, 0) is 37.6 Å². The zero-order valence-electron chi connectivity index (χ0n) is 15.4. The van der Waals surface area contributed by atoms with E-state index in [0.717, 1.165) is 34.3 Å². The zero-order valence-corrected chi connectivity index (χ0v) is 15.4. The van der Waals surface area contributed by atoms with Crippen LogP contribution in [0.15, 0.2) is 53.8 Å². The van der Waals surface area contributed by atoms with Crippen molar-refractivity contribution in [3.8, 4) is 5.75 Å². The first kappa shape index (κ1) is 18.5. The molecule has 27 heavy (non-hydrogen) atoms. The largest absolute Gasteiger partial charge is 0.489 e. The second-order valence-corrected chi connectivity index (χ2v) is 6.23. The van der Waals surface area contributed by atoms with Crippen LogP contribution in [0.4, 0.5) is 0 Å². The summed E-state index contributed by atoms with van der Waals surface area (Å²) >= 11 is 0.